The third-order valence-electron chi connectivity index (χ3n) is 12.0. The first kappa shape index (κ1) is 60.9. The first-order valence-corrected chi connectivity index (χ1v) is 26.6. The van der Waals surface area contributed by atoms with Crippen LogP contribution in [0.1, 0.15) is 82.0 Å². The monoisotopic (exact) mass is 1150 g/mol. The van der Waals surface area contributed by atoms with Crippen molar-refractivity contribution in [3.63, 3.8) is 0 Å². The molecule has 5 aromatic rings. The minimum Gasteiger partial charge on any atom is -0.497 e. The third kappa shape index (κ3) is 16.0. The Hall–Kier alpha value is -4.01. The molecule has 2 aliphatic rings. The lowest BCUT2D eigenvalue weighted by atomic mass is 9.77. The Morgan fingerprint density at radius 1 is 0.838 bits per heavy atom. The number of benzene rings is 4. The molecule has 0 bridgehead atoms. The largest absolute Gasteiger partial charge is 0.697 e. The first-order valence-electron chi connectivity index (χ1n) is 23.0. The Kier molecular flexibility index (Phi) is 21.3. The Morgan fingerprint density at radius 3 is 1.85 bits per heavy atom. The van der Waals surface area contributed by atoms with Gasteiger partial charge in [0.05, 0.1) is 19.8 Å². The summed E-state index contributed by atoms with van der Waals surface area (Å²) in [6.07, 6.45) is -4.36. The van der Waals surface area contributed by atoms with Crippen LogP contribution in [0.5, 0.6) is 11.5 Å². The summed E-state index contributed by atoms with van der Waals surface area (Å²) in [7, 11) is 0.709. The number of nitrogens with one attached hydrogen (secondary N) is 1. The Bertz CT molecular complexity index is 2640. The number of fused-ring (bicyclic) bond motifs is 1. The molecule has 4 aromatic carbocycles. The van der Waals surface area contributed by atoms with E-state index in [1.165, 1.54) is 16.7 Å². The second-order valence-electron chi connectivity index (χ2n) is 18.0. The number of nitrogens with two attached hydrogens (primary N) is 1. The van der Waals surface area contributed by atoms with Crippen LogP contribution in [0.4, 0.5) is 19.0 Å². The maximum atomic E-state index is 14.1. The quantitative estimate of drug-likeness (QED) is 0.0367. The number of nitrogens with zero attached hydrogens (tertiary/aromatic N) is 2. The number of aromatic nitrogens is 2. The molecule has 2 aliphatic heterocycles. The molecule has 2 unspecified atom stereocenters. The molecule has 3 heterocycles. The second-order valence-corrected chi connectivity index (χ2v) is 23.5. The van der Waals surface area contributed by atoms with Crippen molar-refractivity contribution in [2.75, 3.05) is 38.5 Å². The van der Waals surface area contributed by atoms with E-state index in [1.807, 2.05) is 107 Å². The third-order valence-corrected chi connectivity index (χ3v) is 14.0. The molecular weight excluding hydrogens is 1090 g/mol. The predicted molar refractivity (Wildman–Crippen MR) is 283 cm³/mol. The fraction of sp³-hybridized carbons (Fsp3) is 0.431. The molecular formula is C51H59Cl4F3N4O10PS+. The number of methoxy groups -OCH3 is 2. The van der Waals surface area contributed by atoms with Crippen molar-refractivity contribution in [2.45, 2.75) is 99.3 Å². The van der Waals surface area contributed by atoms with Crippen LogP contribution < -0.4 is 26.2 Å². The maximum absolute atomic E-state index is 14.1. The summed E-state index contributed by atoms with van der Waals surface area (Å²) < 4.78 is 89.5. The molecule has 3 N–H and O–H groups in total. The van der Waals surface area contributed by atoms with Gasteiger partial charge in [0.25, 0.3) is 3.25 Å². The molecule has 402 valence electrons. The number of carbonyl (C=O) groups excluding carboxylic acids is 1. The lowest BCUT2D eigenvalue weighted by Crippen LogP contribution is -2.45. The predicted octanol–water partition coefficient (Wildman–Crippen LogP) is 12.6. The average molecular weight is 1150 g/mol. The summed E-state index contributed by atoms with van der Waals surface area (Å²) in [5.74, 6) is 1.03. The molecule has 1 aromatic heterocycles. The second kappa shape index (κ2) is 25.9. The van der Waals surface area contributed by atoms with E-state index in [0.29, 0.717) is 28.6 Å². The Morgan fingerprint density at radius 2 is 1.36 bits per heavy atom. The van der Waals surface area contributed by atoms with Crippen molar-refractivity contribution in [1.29, 1.82) is 0 Å². The Labute approximate surface area is 453 Å². The van der Waals surface area contributed by atoms with Gasteiger partial charge in [0.1, 0.15) is 53.9 Å². The molecule has 14 nitrogen and oxygen atoms in total. The van der Waals surface area contributed by atoms with Gasteiger partial charge in [-0.25, -0.2) is 4.79 Å². The van der Waals surface area contributed by atoms with E-state index in [-0.39, 0.29) is 24.9 Å². The number of halogens is 7. The van der Waals surface area contributed by atoms with Crippen molar-refractivity contribution < 1.29 is 55.3 Å². The van der Waals surface area contributed by atoms with Crippen LogP contribution in [0.25, 0.3) is 0 Å². The SMILES string of the molecule is CCC(C)(C)C(=O)SCCO[P+](=O)OC[C@H]1O[C@@H](n2ccc(NC(c3ccccc3)(c3ccc(OC)cc3)c3ccc(OC)cc3)nc2=O)C2(C)OC(C)(C)O[C@@H]12.ClC(Cl)(Cl)Cl.NCc1ccc(C(F)(F)F)cc1. The average Bonchev–Trinajstić information content (AvgIpc) is 3.77. The fourth-order valence-electron chi connectivity index (χ4n) is 8.04. The van der Waals surface area contributed by atoms with E-state index in [2.05, 4.69) is 10.3 Å². The number of alkyl halides is 7. The van der Waals surface area contributed by atoms with Gasteiger partial charge in [-0.2, -0.15) is 18.2 Å². The van der Waals surface area contributed by atoms with Crippen LogP contribution in [-0.2, 0) is 50.9 Å². The summed E-state index contributed by atoms with van der Waals surface area (Å²) in [4.78, 5) is 31.1. The highest BCUT2D eigenvalue weighted by Crippen LogP contribution is 2.51. The van der Waals surface area contributed by atoms with E-state index in [9.17, 15) is 27.3 Å². The molecule has 0 amide bonds. The number of carbonyl (C=O) groups is 1. The van der Waals surface area contributed by atoms with Crippen LogP contribution in [0.3, 0.4) is 0 Å². The van der Waals surface area contributed by atoms with Gasteiger partial charge < -0.3 is 34.7 Å². The standard InChI is InChI=1S/C42H50N3O10PS.C8H8F3N.CCl4/c1-9-39(2,3)37(46)57-26-25-51-56(48)52-27-33-35-41(6,55-40(4,5)54-35)36(53-33)45-24-23-34(43-38(45)47)44-42(28-13-11-10-12-14-28,29-15-19-31(49-7)20-16-29)30-17-21-32(50-8)22-18-30;9-8(10,11)7-3-1-6(5-12)2-4-7;2-1(3,4)5/h10-24,33,35-36H,9,25-27H2,1-8H3;1-4H,5,12H2;/p+1/t33-,35+,36-,41?;;/m1../s1. The van der Waals surface area contributed by atoms with E-state index in [4.69, 9.17) is 84.9 Å². The van der Waals surface area contributed by atoms with Crippen molar-refractivity contribution in [3.05, 3.63) is 154 Å². The number of hydrogen-bond donors (Lipinski definition) is 2. The molecule has 0 saturated carbocycles. The first-order chi connectivity index (χ1) is 34.7. The van der Waals surface area contributed by atoms with Crippen molar-refractivity contribution in [3.8, 4) is 11.5 Å². The molecule has 23 heteroatoms. The molecule has 7 rings (SSSR count). The summed E-state index contributed by atoms with van der Waals surface area (Å²) in [6, 6.07) is 31.9. The van der Waals surface area contributed by atoms with E-state index < -0.39 is 69.7 Å². The van der Waals surface area contributed by atoms with Gasteiger partial charge in [0.15, 0.2) is 17.1 Å². The molecule has 0 aliphatic carbocycles. The fourth-order valence-corrected chi connectivity index (χ4v) is 9.63. The minimum atomic E-state index is -4.26. The van der Waals surface area contributed by atoms with Crippen LogP contribution in [0, 0.1) is 5.41 Å². The Balaban J connectivity index is 0.000000507. The minimum absolute atomic E-state index is 0.0500. The van der Waals surface area contributed by atoms with E-state index >= 15 is 0 Å². The topological polar surface area (TPSA) is 172 Å². The highest BCUT2D eigenvalue weighted by atomic mass is 35.6. The molecule has 0 spiro atoms. The lowest BCUT2D eigenvalue weighted by Gasteiger charge is -2.37. The number of anilines is 1. The summed E-state index contributed by atoms with van der Waals surface area (Å²) in [5.41, 5.74) is 4.73. The van der Waals surface area contributed by atoms with Gasteiger partial charge >= 0.3 is 20.1 Å². The number of ether oxygens (including phenoxy) is 5. The van der Waals surface area contributed by atoms with Gasteiger partial charge in [-0.15, -0.1) is 9.05 Å². The van der Waals surface area contributed by atoms with Gasteiger partial charge in [0.2, 0.25) is 0 Å². The lowest BCUT2D eigenvalue weighted by molar-refractivity contribution is -0.217. The smallest absolute Gasteiger partial charge is 0.497 e. The zero-order valence-electron chi connectivity index (χ0n) is 41.8. The number of hydrogen-bond acceptors (Lipinski definition) is 14. The zero-order valence-corrected chi connectivity index (χ0v) is 46.5. The van der Waals surface area contributed by atoms with Gasteiger partial charge in [-0.1, -0.05) is 146 Å². The van der Waals surface area contributed by atoms with Crippen LogP contribution >= 0.6 is 66.4 Å². The number of thioether (sulfide) groups is 1. The van der Waals surface area contributed by atoms with Crippen molar-refractivity contribution in [1.82, 2.24) is 9.55 Å². The normalized spacial score (nSPS) is 19.5. The van der Waals surface area contributed by atoms with E-state index in [0.717, 1.165) is 47.0 Å². The summed E-state index contributed by atoms with van der Waals surface area (Å²) in [5, 5.41) is 3.68. The van der Waals surface area contributed by atoms with Gasteiger partial charge in [-0.05, 0) is 91.9 Å². The molecule has 74 heavy (non-hydrogen) atoms. The van der Waals surface area contributed by atoms with Gasteiger partial charge in [0, 0.05) is 28.5 Å². The highest BCUT2D eigenvalue weighted by molar-refractivity contribution is 8.13. The maximum Gasteiger partial charge on any atom is 0.697 e. The van der Waals surface area contributed by atoms with E-state index in [1.54, 1.807) is 40.3 Å². The summed E-state index contributed by atoms with van der Waals surface area (Å²) in [6.45, 7) is 11.3. The summed E-state index contributed by atoms with van der Waals surface area (Å²) >= 11 is 20.5. The van der Waals surface area contributed by atoms with Crippen LogP contribution in [-0.4, -0.2) is 74.7 Å². The zero-order chi connectivity index (χ0) is 54.7. The van der Waals surface area contributed by atoms with Gasteiger partial charge in [-0.3, -0.25) is 9.36 Å². The molecule has 2 saturated heterocycles. The molecule has 2 fully saturated rings. The van der Waals surface area contributed by atoms with Crippen molar-refractivity contribution in [2.24, 2.45) is 11.1 Å². The molecule has 0 radical (unpaired) electrons. The number of rotatable bonds is 18. The van der Waals surface area contributed by atoms with Crippen molar-refractivity contribution >= 4 is 77.4 Å². The van der Waals surface area contributed by atoms with Crippen LogP contribution in [0.2, 0.25) is 0 Å². The highest BCUT2D eigenvalue weighted by Gasteiger charge is 2.65. The van der Waals surface area contributed by atoms with Crippen LogP contribution in [0.15, 0.2) is 120 Å². The molecule has 5 atom stereocenters.